The molecule has 0 atom stereocenters. The average molecular weight is 312 g/mol. The Kier molecular flexibility index (Phi) is 4.23. The van der Waals surface area contributed by atoms with E-state index >= 15 is 0 Å². The van der Waals surface area contributed by atoms with Crippen molar-refractivity contribution >= 4 is 17.6 Å². The lowest BCUT2D eigenvalue weighted by molar-refractivity contribution is -0.384. The molecule has 0 amide bonds. The number of pyridine rings is 1. The number of aromatic hydroxyl groups is 1. The SMILES string of the molecule is Cc1c(C=Nc2cccc([N+](=O)[O-])c2)c(O)n(C)c(=O)c1C#N. The van der Waals surface area contributed by atoms with Crippen molar-refractivity contribution in [2.45, 2.75) is 6.92 Å². The molecule has 23 heavy (non-hydrogen) atoms. The van der Waals surface area contributed by atoms with Crippen molar-refractivity contribution in [3.8, 4) is 11.9 Å². The molecule has 0 radical (unpaired) electrons. The van der Waals surface area contributed by atoms with Crippen LogP contribution in [0.4, 0.5) is 11.4 Å². The molecule has 0 spiro atoms. The second kappa shape index (κ2) is 6.11. The van der Waals surface area contributed by atoms with Gasteiger partial charge in [-0.1, -0.05) is 6.07 Å². The van der Waals surface area contributed by atoms with Crippen LogP contribution in [0, 0.1) is 28.4 Å². The van der Waals surface area contributed by atoms with Gasteiger partial charge >= 0.3 is 0 Å². The van der Waals surface area contributed by atoms with Crippen LogP contribution in [-0.2, 0) is 7.05 Å². The summed E-state index contributed by atoms with van der Waals surface area (Å²) in [5, 5.41) is 29.9. The van der Waals surface area contributed by atoms with E-state index in [1.165, 1.54) is 38.4 Å². The van der Waals surface area contributed by atoms with Crippen LogP contribution in [0.5, 0.6) is 5.88 Å². The minimum Gasteiger partial charge on any atom is -0.494 e. The summed E-state index contributed by atoms with van der Waals surface area (Å²) >= 11 is 0. The van der Waals surface area contributed by atoms with Gasteiger partial charge in [0, 0.05) is 25.4 Å². The van der Waals surface area contributed by atoms with Crippen molar-refractivity contribution in [2.75, 3.05) is 0 Å². The molecular weight excluding hydrogens is 300 g/mol. The molecule has 0 unspecified atom stereocenters. The summed E-state index contributed by atoms with van der Waals surface area (Å²) in [5.41, 5.74) is 0.00218. The minimum atomic E-state index is -0.602. The molecule has 0 saturated carbocycles. The predicted octanol–water partition coefficient (Wildman–Crippen LogP) is 1.93. The Labute approximate surface area is 130 Å². The van der Waals surface area contributed by atoms with E-state index in [1.54, 1.807) is 12.1 Å². The maximum atomic E-state index is 11.8. The number of nitrogens with zero attached hydrogens (tertiary/aromatic N) is 4. The van der Waals surface area contributed by atoms with E-state index in [0.29, 0.717) is 11.3 Å². The molecule has 0 saturated heterocycles. The van der Waals surface area contributed by atoms with Crippen molar-refractivity contribution in [3.05, 3.63) is 61.4 Å². The lowest BCUT2D eigenvalue weighted by Gasteiger charge is -2.09. The zero-order valence-electron chi connectivity index (χ0n) is 12.3. The maximum Gasteiger partial charge on any atom is 0.271 e. The summed E-state index contributed by atoms with van der Waals surface area (Å²) < 4.78 is 0.945. The fourth-order valence-corrected chi connectivity index (χ4v) is 2.02. The van der Waals surface area contributed by atoms with E-state index in [0.717, 1.165) is 4.57 Å². The van der Waals surface area contributed by atoms with Crippen LogP contribution < -0.4 is 5.56 Å². The van der Waals surface area contributed by atoms with Crippen LogP contribution in [0.25, 0.3) is 0 Å². The zero-order valence-corrected chi connectivity index (χ0v) is 12.3. The molecule has 0 fully saturated rings. The van der Waals surface area contributed by atoms with Gasteiger partial charge in [-0.2, -0.15) is 5.26 Å². The van der Waals surface area contributed by atoms with Gasteiger partial charge in [0.1, 0.15) is 11.6 Å². The van der Waals surface area contributed by atoms with Crippen molar-refractivity contribution in [1.29, 1.82) is 5.26 Å². The van der Waals surface area contributed by atoms with Crippen LogP contribution in [0.15, 0.2) is 34.1 Å². The van der Waals surface area contributed by atoms with E-state index in [9.17, 15) is 20.0 Å². The van der Waals surface area contributed by atoms with Crippen molar-refractivity contribution < 1.29 is 10.0 Å². The Balaban J connectivity index is 2.55. The molecule has 8 heteroatoms. The summed E-state index contributed by atoms with van der Waals surface area (Å²) in [4.78, 5) is 26.1. The van der Waals surface area contributed by atoms with Gasteiger partial charge in [0.15, 0.2) is 0 Å². The third-order valence-electron chi connectivity index (χ3n) is 3.35. The van der Waals surface area contributed by atoms with E-state index < -0.39 is 10.5 Å². The average Bonchev–Trinajstić information content (AvgIpc) is 2.53. The van der Waals surface area contributed by atoms with E-state index in [1.807, 2.05) is 0 Å². The molecule has 1 N–H and O–H groups in total. The number of nitro groups is 1. The fourth-order valence-electron chi connectivity index (χ4n) is 2.02. The van der Waals surface area contributed by atoms with Crippen LogP contribution in [0.1, 0.15) is 16.7 Å². The first-order valence-electron chi connectivity index (χ1n) is 6.48. The van der Waals surface area contributed by atoms with Gasteiger partial charge in [0.25, 0.3) is 11.2 Å². The number of aromatic nitrogens is 1. The van der Waals surface area contributed by atoms with Gasteiger partial charge in [-0.25, -0.2) is 0 Å². The summed E-state index contributed by atoms with van der Waals surface area (Å²) in [5.74, 6) is -0.333. The van der Waals surface area contributed by atoms with Crippen LogP contribution in [0.3, 0.4) is 0 Å². The molecule has 0 aliphatic carbocycles. The highest BCUT2D eigenvalue weighted by atomic mass is 16.6. The number of rotatable bonds is 3. The summed E-state index contributed by atoms with van der Waals surface area (Å²) in [6, 6.07) is 7.45. The molecule has 2 rings (SSSR count). The molecule has 0 aliphatic rings. The molecule has 2 aromatic rings. The van der Waals surface area contributed by atoms with Crippen LogP contribution in [0.2, 0.25) is 0 Å². The molecule has 8 nitrogen and oxygen atoms in total. The van der Waals surface area contributed by atoms with Gasteiger partial charge in [-0.15, -0.1) is 0 Å². The van der Waals surface area contributed by atoms with Crippen molar-refractivity contribution in [1.82, 2.24) is 4.57 Å². The molecule has 116 valence electrons. The lowest BCUT2D eigenvalue weighted by Crippen LogP contribution is -2.22. The Morgan fingerprint density at radius 3 is 2.78 bits per heavy atom. The van der Waals surface area contributed by atoms with Crippen molar-refractivity contribution in [2.24, 2.45) is 12.0 Å². The fraction of sp³-hybridized carbons (Fsp3) is 0.133. The van der Waals surface area contributed by atoms with E-state index in [4.69, 9.17) is 5.26 Å². The molecule has 0 bridgehead atoms. The van der Waals surface area contributed by atoms with Gasteiger partial charge in [0.05, 0.1) is 16.2 Å². The lowest BCUT2D eigenvalue weighted by atomic mass is 10.1. The Bertz CT molecular complexity index is 922. The van der Waals surface area contributed by atoms with Crippen molar-refractivity contribution in [3.63, 3.8) is 0 Å². The van der Waals surface area contributed by atoms with Crippen LogP contribution in [-0.4, -0.2) is 20.8 Å². The molecule has 1 aromatic heterocycles. The second-order valence-corrected chi connectivity index (χ2v) is 4.75. The second-order valence-electron chi connectivity index (χ2n) is 4.75. The number of nitro benzene ring substituents is 1. The third-order valence-corrected chi connectivity index (χ3v) is 3.35. The number of aliphatic imine (C=N–C) groups is 1. The first-order valence-corrected chi connectivity index (χ1v) is 6.48. The normalized spacial score (nSPS) is 10.7. The largest absolute Gasteiger partial charge is 0.494 e. The topological polar surface area (TPSA) is 122 Å². The quantitative estimate of drug-likeness (QED) is 0.527. The monoisotopic (exact) mass is 312 g/mol. The highest BCUT2D eigenvalue weighted by Crippen LogP contribution is 2.22. The predicted molar refractivity (Wildman–Crippen MR) is 83.2 cm³/mol. The Morgan fingerprint density at radius 2 is 2.17 bits per heavy atom. The Hall–Kier alpha value is -3.47. The summed E-state index contributed by atoms with van der Waals surface area (Å²) in [7, 11) is 1.34. The first-order chi connectivity index (χ1) is 10.9. The molecule has 1 aromatic carbocycles. The van der Waals surface area contributed by atoms with Gasteiger partial charge in [0.2, 0.25) is 5.88 Å². The molecule has 0 aliphatic heterocycles. The van der Waals surface area contributed by atoms with E-state index in [-0.39, 0.29) is 22.7 Å². The highest BCUT2D eigenvalue weighted by molar-refractivity contribution is 5.87. The smallest absolute Gasteiger partial charge is 0.271 e. The summed E-state index contributed by atoms with van der Waals surface area (Å²) in [6.45, 7) is 1.52. The number of hydrogen-bond donors (Lipinski definition) is 1. The van der Waals surface area contributed by atoms with Gasteiger partial charge < -0.3 is 5.11 Å². The summed E-state index contributed by atoms with van der Waals surface area (Å²) in [6.07, 6.45) is 1.27. The third kappa shape index (κ3) is 2.94. The molecular formula is C15H12N4O4. The number of non-ortho nitro benzene ring substituents is 1. The van der Waals surface area contributed by atoms with Crippen LogP contribution >= 0.6 is 0 Å². The van der Waals surface area contributed by atoms with Gasteiger partial charge in [-0.3, -0.25) is 24.5 Å². The van der Waals surface area contributed by atoms with Gasteiger partial charge in [-0.05, 0) is 18.6 Å². The number of nitriles is 1. The number of hydrogen-bond acceptors (Lipinski definition) is 6. The standard InChI is InChI=1S/C15H12N4O4/c1-9-12(7-16)14(20)18(2)15(21)13(9)8-17-10-4-3-5-11(6-10)19(22)23/h3-6,8,21H,1-2H3. The Morgan fingerprint density at radius 1 is 1.48 bits per heavy atom. The molecule has 1 heterocycles. The first kappa shape index (κ1) is 15.9. The minimum absolute atomic E-state index is 0.0919. The van der Waals surface area contributed by atoms with E-state index in [2.05, 4.69) is 4.99 Å². The maximum absolute atomic E-state index is 11.8. The zero-order chi connectivity index (χ0) is 17.1. The highest BCUT2D eigenvalue weighted by Gasteiger charge is 2.15. The number of benzene rings is 1.